The van der Waals surface area contributed by atoms with Gasteiger partial charge in [0.15, 0.2) is 0 Å². The van der Waals surface area contributed by atoms with Gasteiger partial charge in [-0.3, -0.25) is 0 Å². The summed E-state index contributed by atoms with van der Waals surface area (Å²) >= 11 is 0. The summed E-state index contributed by atoms with van der Waals surface area (Å²) in [5, 5.41) is 8.84. The fourth-order valence-electron chi connectivity index (χ4n) is 1.30. The van der Waals surface area contributed by atoms with Crippen LogP contribution in [0.3, 0.4) is 0 Å². The summed E-state index contributed by atoms with van der Waals surface area (Å²) in [4.78, 5) is 0. The van der Waals surface area contributed by atoms with Crippen LogP contribution >= 0.6 is 0 Å². The van der Waals surface area contributed by atoms with Crippen molar-refractivity contribution >= 4 is 0 Å². The second-order valence-corrected chi connectivity index (χ2v) is 3.10. The Kier molecular flexibility index (Phi) is 3.30. The van der Waals surface area contributed by atoms with Gasteiger partial charge in [0.05, 0.1) is 18.8 Å². The van der Waals surface area contributed by atoms with E-state index in [0.717, 1.165) is 6.42 Å². The van der Waals surface area contributed by atoms with E-state index in [1.54, 1.807) is 0 Å². The lowest BCUT2D eigenvalue weighted by atomic mass is 10.2. The van der Waals surface area contributed by atoms with E-state index >= 15 is 0 Å². The van der Waals surface area contributed by atoms with Crippen LogP contribution in [-0.4, -0.2) is 36.6 Å². The van der Waals surface area contributed by atoms with Crippen LogP contribution in [0.4, 0.5) is 0 Å². The van der Waals surface area contributed by atoms with Crippen molar-refractivity contribution in [2.24, 2.45) is 0 Å². The first-order chi connectivity index (χ1) is 5.24. The molecule has 1 N–H and O–H groups in total. The number of hydrogen-bond donors (Lipinski definition) is 1. The quantitative estimate of drug-likeness (QED) is 0.655. The topological polar surface area (TPSA) is 38.7 Å². The highest BCUT2D eigenvalue weighted by atomic mass is 16.6. The predicted octanol–water partition coefficient (Wildman–Crippen LogP) is 0.561. The zero-order valence-corrected chi connectivity index (χ0v) is 7.12. The summed E-state index contributed by atoms with van der Waals surface area (Å²) in [6.45, 7) is 4.76. The molecular weight excluding hydrogens is 144 g/mol. The molecule has 66 valence electrons. The Morgan fingerprint density at radius 3 is 2.91 bits per heavy atom. The molecule has 0 aromatic rings. The van der Waals surface area contributed by atoms with Crippen molar-refractivity contribution in [3.8, 4) is 0 Å². The van der Waals surface area contributed by atoms with Crippen molar-refractivity contribution in [3.63, 3.8) is 0 Å². The molecule has 3 heteroatoms. The smallest absolute Gasteiger partial charge is 0.107 e. The maximum atomic E-state index is 8.84. The van der Waals surface area contributed by atoms with Gasteiger partial charge >= 0.3 is 0 Å². The Balaban J connectivity index is 2.31. The highest BCUT2D eigenvalue weighted by molar-refractivity contribution is 4.76. The number of rotatable bonds is 3. The lowest BCUT2D eigenvalue weighted by Crippen LogP contribution is -2.29. The van der Waals surface area contributed by atoms with Crippen LogP contribution < -0.4 is 0 Å². The summed E-state index contributed by atoms with van der Waals surface area (Å²) in [6.07, 6.45) is 1.12. The molecule has 0 spiro atoms. The molecule has 1 aliphatic rings. The minimum absolute atomic E-state index is 0.0669. The fraction of sp³-hybridized carbons (Fsp3) is 1.00. The standard InChI is InChI=1S/C8H16O3/c1-6(2)11-7-3-4-10-8(7)5-9/h6-9H,3-5H2,1-2H3. The van der Waals surface area contributed by atoms with Crippen molar-refractivity contribution in [1.29, 1.82) is 0 Å². The van der Waals surface area contributed by atoms with E-state index in [9.17, 15) is 0 Å². The van der Waals surface area contributed by atoms with Gasteiger partial charge in [-0.2, -0.15) is 0 Å². The van der Waals surface area contributed by atoms with Crippen molar-refractivity contribution in [1.82, 2.24) is 0 Å². The third-order valence-electron chi connectivity index (χ3n) is 1.78. The van der Waals surface area contributed by atoms with Gasteiger partial charge in [-0.15, -0.1) is 0 Å². The molecule has 1 saturated heterocycles. The van der Waals surface area contributed by atoms with Crippen molar-refractivity contribution in [2.75, 3.05) is 13.2 Å². The first-order valence-corrected chi connectivity index (χ1v) is 4.12. The molecule has 0 radical (unpaired) electrons. The molecule has 2 unspecified atom stereocenters. The maximum Gasteiger partial charge on any atom is 0.107 e. The zero-order chi connectivity index (χ0) is 8.27. The molecule has 0 aromatic heterocycles. The van der Waals surface area contributed by atoms with Crippen LogP contribution in [0.2, 0.25) is 0 Å². The number of aliphatic hydroxyl groups is 1. The van der Waals surface area contributed by atoms with Crippen LogP contribution in [0.5, 0.6) is 0 Å². The summed E-state index contributed by atoms with van der Waals surface area (Å²) in [5.41, 5.74) is 0. The second kappa shape index (κ2) is 4.04. The zero-order valence-electron chi connectivity index (χ0n) is 7.12. The van der Waals surface area contributed by atoms with E-state index in [0.29, 0.717) is 6.61 Å². The Hall–Kier alpha value is -0.120. The molecule has 1 rings (SSSR count). The fourth-order valence-corrected chi connectivity index (χ4v) is 1.30. The van der Waals surface area contributed by atoms with E-state index in [4.69, 9.17) is 14.6 Å². The Morgan fingerprint density at radius 2 is 2.36 bits per heavy atom. The lowest BCUT2D eigenvalue weighted by molar-refractivity contribution is -0.0554. The average Bonchev–Trinajstić information content (AvgIpc) is 2.34. The molecule has 2 atom stereocenters. The van der Waals surface area contributed by atoms with Crippen LogP contribution in [0.15, 0.2) is 0 Å². The van der Waals surface area contributed by atoms with Gasteiger partial charge in [0.2, 0.25) is 0 Å². The normalized spacial score (nSPS) is 31.6. The van der Waals surface area contributed by atoms with Gasteiger partial charge in [0.1, 0.15) is 6.10 Å². The molecule has 0 saturated carbocycles. The minimum Gasteiger partial charge on any atom is -0.394 e. The molecule has 0 bridgehead atoms. The SMILES string of the molecule is CC(C)OC1CCOC1CO. The second-order valence-electron chi connectivity index (χ2n) is 3.10. The number of aliphatic hydroxyl groups excluding tert-OH is 1. The maximum absolute atomic E-state index is 8.84. The van der Waals surface area contributed by atoms with Gasteiger partial charge < -0.3 is 14.6 Å². The van der Waals surface area contributed by atoms with Gasteiger partial charge in [-0.25, -0.2) is 0 Å². The monoisotopic (exact) mass is 160 g/mol. The van der Waals surface area contributed by atoms with Gasteiger partial charge in [-0.1, -0.05) is 0 Å². The Labute approximate surface area is 67.3 Å². The predicted molar refractivity (Wildman–Crippen MR) is 41.5 cm³/mol. The van der Waals surface area contributed by atoms with Gasteiger partial charge in [0, 0.05) is 6.61 Å². The molecule has 1 heterocycles. The highest BCUT2D eigenvalue weighted by Gasteiger charge is 2.28. The summed E-state index contributed by atoms with van der Waals surface area (Å²) < 4.78 is 10.8. The third-order valence-corrected chi connectivity index (χ3v) is 1.78. The van der Waals surface area contributed by atoms with E-state index in [2.05, 4.69) is 0 Å². The van der Waals surface area contributed by atoms with E-state index in [1.165, 1.54) is 0 Å². The van der Waals surface area contributed by atoms with Crippen molar-refractivity contribution in [2.45, 2.75) is 38.6 Å². The van der Waals surface area contributed by atoms with E-state index < -0.39 is 0 Å². The summed E-state index contributed by atoms with van der Waals surface area (Å²) in [7, 11) is 0. The lowest BCUT2D eigenvalue weighted by Gasteiger charge is -2.19. The van der Waals surface area contributed by atoms with E-state index in [-0.39, 0.29) is 24.9 Å². The first kappa shape index (κ1) is 8.97. The molecular formula is C8H16O3. The Morgan fingerprint density at radius 1 is 1.64 bits per heavy atom. The summed E-state index contributed by atoms with van der Waals surface area (Å²) in [5.74, 6) is 0. The number of ether oxygens (including phenoxy) is 2. The summed E-state index contributed by atoms with van der Waals surface area (Å²) in [6, 6.07) is 0. The largest absolute Gasteiger partial charge is 0.394 e. The van der Waals surface area contributed by atoms with Crippen LogP contribution in [0.25, 0.3) is 0 Å². The van der Waals surface area contributed by atoms with Crippen LogP contribution in [0.1, 0.15) is 20.3 Å². The molecule has 3 nitrogen and oxygen atoms in total. The van der Waals surface area contributed by atoms with Gasteiger partial charge in [-0.05, 0) is 20.3 Å². The molecule has 11 heavy (non-hydrogen) atoms. The highest BCUT2D eigenvalue weighted by Crippen LogP contribution is 2.17. The average molecular weight is 160 g/mol. The minimum atomic E-state index is -0.0996. The molecule has 0 aliphatic carbocycles. The first-order valence-electron chi connectivity index (χ1n) is 4.12. The van der Waals surface area contributed by atoms with E-state index in [1.807, 2.05) is 13.8 Å². The molecule has 1 fully saturated rings. The molecule has 1 aliphatic heterocycles. The van der Waals surface area contributed by atoms with Crippen LogP contribution in [-0.2, 0) is 9.47 Å². The Bertz CT molecular complexity index is 114. The van der Waals surface area contributed by atoms with Crippen molar-refractivity contribution < 1.29 is 14.6 Å². The van der Waals surface area contributed by atoms with Crippen LogP contribution in [0, 0.1) is 0 Å². The number of hydrogen-bond acceptors (Lipinski definition) is 3. The van der Waals surface area contributed by atoms with Crippen molar-refractivity contribution in [3.05, 3.63) is 0 Å². The van der Waals surface area contributed by atoms with Gasteiger partial charge in [0.25, 0.3) is 0 Å². The molecule has 0 aromatic carbocycles. The molecule has 0 amide bonds. The third kappa shape index (κ3) is 2.43.